The van der Waals surface area contributed by atoms with Crippen LogP contribution < -0.4 is 5.32 Å². The van der Waals surface area contributed by atoms with E-state index < -0.39 is 0 Å². The summed E-state index contributed by atoms with van der Waals surface area (Å²) in [5.74, 6) is 1.01. The molecule has 1 fully saturated rings. The minimum Gasteiger partial charge on any atom is -0.378 e. The number of aromatic nitrogens is 2. The Morgan fingerprint density at radius 2 is 1.81 bits per heavy atom. The largest absolute Gasteiger partial charge is 0.378 e. The second-order valence-electron chi connectivity index (χ2n) is 7.99. The molecule has 0 amide bonds. The molecule has 6 nitrogen and oxygen atoms in total. The Balaban J connectivity index is 1.37. The van der Waals surface area contributed by atoms with E-state index in [0.29, 0.717) is 12.6 Å². The Labute approximate surface area is 185 Å². The van der Waals surface area contributed by atoms with Crippen LogP contribution in [0.2, 0.25) is 0 Å². The molecule has 1 aliphatic rings. The van der Waals surface area contributed by atoms with Gasteiger partial charge in [0.15, 0.2) is 5.96 Å². The maximum Gasteiger partial charge on any atom is 0.194 e. The van der Waals surface area contributed by atoms with Crippen LogP contribution in [0.25, 0.3) is 11.0 Å². The normalized spacial score (nSPS) is 15.5. The summed E-state index contributed by atoms with van der Waals surface area (Å²) < 4.78 is 7.97. The average molecular weight is 420 g/mol. The lowest BCUT2D eigenvalue weighted by Crippen LogP contribution is -2.47. The number of aliphatic imine (C=N–C) groups is 1. The molecule has 0 bridgehead atoms. The molecule has 4 rings (SSSR count). The van der Waals surface area contributed by atoms with Crippen molar-refractivity contribution in [3.8, 4) is 0 Å². The Hall–Kier alpha value is -2.86. The standard InChI is InChI=1S/C25H33N5O/c1-3-26-25(29-15-13-22(14-16-29)31-4-2)27-17-20-9-11-21(12-10-20)18-30-19-28-23-7-5-6-8-24(23)30/h5-12,19,22H,3-4,13-18H2,1-2H3,(H,26,27). The van der Waals surface area contributed by atoms with Crippen LogP contribution in [0.1, 0.15) is 37.8 Å². The topological polar surface area (TPSA) is 54.7 Å². The Morgan fingerprint density at radius 3 is 2.55 bits per heavy atom. The van der Waals surface area contributed by atoms with Crippen LogP contribution in [-0.2, 0) is 17.8 Å². The van der Waals surface area contributed by atoms with Gasteiger partial charge in [-0.05, 0) is 49.9 Å². The molecular formula is C25H33N5O. The van der Waals surface area contributed by atoms with Gasteiger partial charge in [0.05, 0.1) is 30.0 Å². The SMILES string of the molecule is CCNC(=NCc1ccc(Cn2cnc3ccccc32)cc1)N1CCC(OCC)CC1. The van der Waals surface area contributed by atoms with Gasteiger partial charge in [0.1, 0.15) is 0 Å². The number of hydrogen-bond acceptors (Lipinski definition) is 3. The predicted octanol–water partition coefficient (Wildman–Crippen LogP) is 4.05. The van der Waals surface area contributed by atoms with Gasteiger partial charge in [0.2, 0.25) is 0 Å². The molecule has 0 spiro atoms. The number of guanidine groups is 1. The van der Waals surface area contributed by atoms with Crippen molar-refractivity contribution in [2.75, 3.05) is 26.2 Å². The molecule has 31 heavy (non-hydrogen) atoms. The lowest BCUT2D eigenvalue weighted by molar-refractivity contribution is 0.0263. The predicted molar refractivity (Wildman–Crippen MR) is 126 cm³/mol. The third-order valence-electron chi connectivity index (χ3n) is 5.79. The number of piperidine rings is 1. The van der Waals surface area contributed by atoms with Crippen molar-refractivity contribution >= 4 is 17.0 Å². The highest BCUT2D eigenvalue weighted by atomic mass is 16.5. The second kappa shape index (κ2) is 10.4. The van der Waals surface area contributed by atoms with E-state index >= 15 is 0 Å². The van der Waals surface area contributed by atoms with E-state index in [2.05, 4.69) is 70.0 Å². The van der Waals surface area contributed by atoms with E-state index in [4.69, 9.17) is 9.73 Å². The lowest BCUT2D eigenvalue weighted by atomic mass is 10.1. The summed E-state index contributed by atoms with van der Waals surface area (Å²) in [6.07, 6.45) is 4.44. The minimum atomic E-state index is 0.393. The van der Waals surface area contributed by atoms with E-state index in [1.54, 1.807) is 0 Å². The Kier molecular flexibility index (Phi) is 7.20. The molecule has 1 aliphatic heterocycles. The molecular weight excluding hydrogens is 386 g/mol. The van der Waals surface area contributed by atoms with Crippen LogP contribution >= 0.6 is 0 Å². The maximum absolute atomic E-state index is 5.78. The van der Waals surface area contributed by atoms with Gasteiger partial charge < -0.3 is 19.5 Å². The number of likely N-dealkylation sites (tertiary alicyclic amines) is 1. The Bertz CT molecular complexity index is 987. The lowest BCUT2D eigenvalue weighted by Gasteiger charge is -2.34. The van der Waals surface area contributed by atoms with Crippen LogP contribution in [0.15, 0.2) is 59.9 Å². The monoisotopic (exact) mass is 419 g/mol. The fourth-order valence-corrected chi connectivity index (χ4v) is 4.15. The number of rotatable bonds is 7. The molecule has 0 unspecified atom stereocenters. The fraction of sp³-hybridized carbons (Fsp3) is 0.440. The van der Waals surface area contributed by atoms with Gasteiger partial charge in [-0.15, -0.1) is 0 Å². The summed E-state index contributed by atoms with van der Waals surface area (Å²) >= 11 is 0. The molecule has 3 aromatic rings. The molecule has 0 aliphatic carbocycles. The first kappa shape index (κ1) is 21.4. The van der Waals surface area contributed by atoms with Gasteiger partial charge in [-0.3, -0.25) is 0 Å². The van der Waals surface area contributed by atoms with Crippen molar-refractivity contribution in [3.63, 3.8) is 0 Å². The summed E-state index contributed by atoms with van der Waals surface area (Å²) in [5, 5.41) is 3.45. The number of nitrogens with one attached hydrogen (secondary N) is 1. The van der Waals surface area contributed by atoms with Crippen molar-refractivity contribution in [1.82, 2.24) is 19.8 Å². The van der Waals surface area contributed by atoms with Crippen LogP contribution in [0, 0.1) is 0 Å². The van der Waals surface area contributed by atoms with E-state index in [-0.39, 0.29) is 0 Å². The highest BCUT2D eigenvalue weighted by Crippen LogP contribution is 2.16. The average Bonchev–Trinajstić information content (AvgIpc) is 3.21. The second-order valence-corrected chi connectivity index (χ2v) is 7.99. The molecule has 0 saturated carbocycles. The van der Waals surface area contributed by atoms with Crippen LogP contribution in [0.4, 0.5) is 0 Å². The number of benzene rings is 2. The smallest absolute Gasteiger partial charge is 0.194 e. The molecule has 1 aromatic heterocycles. The molecule has 164 valence electrons. The molecule has 0 radical (unpaired) electrons. The van der Waals surface area contributed by atoms with Gasteiger partial charge in [-0.25, -0.2) is 9.98 Å². The zero-order valence-corrected chi connectivity index (χ0v) is 18.6. The van der Waals surface area contributed by atoms with Crippen LogP contribution in [0.3, 0.4) is 0 Å². The molecule has 1 N–H and O–H groups in total. The maximum atomic E-state index is 5.78. The zero-order chi connectivity index (χ0) is 21.5. The number of fused-ring (bicyclic) bond motifs is 1. The van der Waals surface area contributed by atoms with E-state index in [9.17, 15) is 0 Å². The van der Waals surface area contributed by atoms with E-state index in [0.717, 1.165) is 57.1 Å². The van der Waals surface area contributed by atoms with Gasteiger partial charge >= 0.3 is 0 Å². The van der Waals surface area contributed by atoms with Gasteiger partial charge in [0.25, 0.3) is 0 Å². The van der Waals surface area contributed by atoms with Crippen molar-refractivity contribution < 1.29 is 4.74 Å². The highest BCUT2D eigenvalue weighted by Gasteiger charge is 2.21. The fourth-order valence-electron chi connectivity index (χ4n) is 4.15. The molecule has 0 atom stereocenters. The number of hydrogen-bond donors (Lipinski definition) is 1. The minimum absolute atomic E-state index is 0.393. The van der Waals surface area contributed by atoms with E-state index in [1.807, 2.05) is 18.5 Å². The summed E-state index contributed by atoms with van der Waals surface area (Å²) in [4.78, 5) is 11.7. The molecule has 1 saturated heterocycles. The van der Waals surface area contributed by atoms with Gasteiger partial charge in [-0.2, -0.15) is 0 Å². The number of para-hydroxylation sites is 2. The number of imidazole rings is 1. The first-order valence-corrected chi connectivity index (χ1v) is 11.4. The van der Waals surface area contributed by atoms with Gasteiger partial charge in [-0.1, -0.05) is 36.4 Å². The Morgan fingerprint density at radius 1 is 1.06 bits per heavy atom. The third kappa shape index (κ3) is 5.44. The third-order valence-corrected chi connectivity index (χ3v) is 5.79. The van der Waals surface area contributed by atoms with Crippen LogP contribution in [-0.4, -0.2) is 52.8 Å². The summed E-state index contributed by atoms with van der Waals surface area (Å²) in [6.45, 7) is 9.36. The van der Waals surface area contributed by atoms with Crippen molar-refractivity contribution in [2.45, 2.75) is 45.9 Å². The quantitative estimate of drug-likeness (QED) is 0.464. The first-order chi connectivity index (χ1) is 15.3. The van der Waals surface area contributed by atoms with Gasteiger partial charge in [0, 0.05) is 32.8 Å². The molecule has 2 aromatic carbocycles. The van der Waals surface area contributed by atoms with Crippen LogP contribution in [0.5, 0.6) is 0 Å². The molecule has 2 heterocycles. The summed E-state index contributed by atoms with van der Waals surface area (Å²) in [5.41, 5.74) is 4.69. The van der Waals surface area contributed by atoms with Crippen molar-refractivity contribution in [2.24, 2.45) is 4.99 Å². The molecule has 6 heteroatoms. The van der Waals surface area contributed by atoms with Crippen molar-refractivity contribution in [1.29, 1.82) is 0 Å². The first-order valence-electron chi connectivity index (χ1n) is 11.4. The van der Waals surface area contributed by atoms with E-state index in [1.165, 1.54) is 16.6 Å². The number of nitrogens with zero attached hydrogens (tertiary/aromatic N) is 4. The van der Waals surface area contributed by atoms with Crippen molar-refractivity contribution in [3.05, 3.63) is 66.0 Å². The summed E-state index contributed by atoms with van der Waals surface area (Å²) in [6, 6.07) is 17.0. The number of ether oxygens (including phenoxy) is 1. The highest BCUT2D eigenvalue weighted by molar-refractivity contribution is 5.80. The summed E-state index contributed by atoms with van der Waals surface area (Å²) in [7, 11) is 0. The zero-order valence-electron chi connectivity index (χ0n) is 18.6.